The van der Waals surface area contributed by atoms with Crippen molar-refractivity contribution in [2.24, 2.45) is 0 Å². The number of carbonyl (C=O) groups is 2. The Hall–Kier alpha value is -1.40. The Kier molecular flexibility index (Phi) is 11.2. The molecule has 0 unspecified atom stereocenters. The van der Waals surface area contributed by atoms with E-state index in [-0.39, 0.29) is 0 Å². The molecule has 0 aliphatic carbocycles. The fourth-order valence-corrected chi connectivity index (χ4v) is 2.22. The van der Waals surface area contributed by atoms with Gasteiger partial charge in [0.2, 0.25) is 0 Å². The number of ether oxygens (including phenoxy) is 3. The highest BCUT2D eigenvalue weighted by atomic mass is 16.5. The number of hydrogen-bond donors (Lipinski definition) is 0. The number of morpholine rings is 1. The van der Waals surface area contributed by atoms with Crippen molar-refractivity contribution in [3.63, 3.8) is 0 Å². The Morgan fingerprint density at radius 2 is 1.57 bits per heavy atom. The van der Waals surface area contributed by atoms with Crippen LogP contribution in [0.4, 0.5) is 0 Å². The van der Waals surface area contributed by atoms with E-state index >= 15 is 0 Å². The molecule has 1 aliphatic rings. The number of esters is 2. The number of rotatable bonds is 11. The predicted octanol–water partition coefficient (Wildman–Crippen LogP) is 1.93. The number of unbranched alkanes of at least 4 members (excludes halogenated alkanes) is 3. The third-order valence-corrected chi connectivity index (χ3v) is 3.56. The Bertz CT molecular complexity index is 364. The highest BCUT2D eigenvalue weighted by molar-refractivity contribution is 5.91. The minimum Gasteiger partial charge on any atom is -0.463 e. The zero-order chi connectivity index (χ0) is 16.8. The van der Waals surface area contributed by atoms with Gasteiger partial charge in [-0.15, -0.1) is 0 Å². The molecule has 0 spiro atoms. The maximum atomic E-state index is 11.5. The number of hydrogen-bond acceptors (Lipinski definition) is 6. The van der Waals surface area contributed by atoms with E-state index in [1.807, 2.05) is 0 Å². The van der Waals surface area contributed by atoms with Gasteiger partial charge in [0.05, 0.1) is 26.4 Å². The van der Waals surface area contributed by atoms with Crippen LogP contribution in [0, 0.1) is 0 Å². The molecular formula is C17H29NO5. The van der Waals surface area contributed by atoms with Crippen molar-refractivity contribution in [1.29, 1.82) is 0 Å². The Morgan fingerprint density at radius 1 is 0.957 bits per heavy atom. The van der Waals surface area contributed by atoms with Crippen LogP contribution in [0.2, 0.25) is 0 Å². The summed E-state index contributed by atoms with van der Waals surface area (Å²) in [4.78, 5) is 25.1. The normalized spacial score (nSPS) is 15.7. The van der Waals surface area contributed by atoms with Crippen molar-refractivity contribution in [1.82, 2.24) is 4.90 Å². The predicted molar refractivity (Wildman–Crippen MR) is 87.1 cm³/mol. The lowest BCUT2D eigenvalue weighted by molar-refractivity contribution is -0.140. The van der Waals surface area contributed by atoms with Crippen LogP contribution in [0.15, 0.2) is 12.2 Å². The second-order valence-electron chi connectivity index (χ2n) is 5.54. The summed E-state index contributed by atoms with van der Waals surface area (Å²) in [5.74, 6) is -0.998. The highest BCUT2D eigenvalue weighted by Crippen LogP contribution is 2.00. The third-order valence-electron chi connectivity index (χ3n) is 3.56. The molecule has 6 heteroatoms. The van der Waals surface area contributed by atoms with Crippen LogP contribution in [0.1, 0.15) is 39.0 Å². The van der Waals surface area contributed by atoms with Crippen molar-refractivity contribution in [3.8, 4) is 0 Å². The summed E-state index contributed by atoms with van der Waals surface area (Å²) < 4.78 is 15.3. The zero-order valence-electron chi connectivity index (χ0n) is 14.1. The van der Waals surface area contributed by atoms with Crippen LogP contribution in [-0.4, -0.2) is 62.9 Å². The van der Waals surface area contributed by atoms with Gasteiger partial charge in [-0.25, -0.2) is 9.59 Å². The van der Waals surface area contributed by atoms with Gasteiger partial charge in [0.1, 0.15) is 0 Å². The monoisotopic (exact) mass is 327 g/mol. The van der Waals surface area contributed by atoms with Crippen molar-refractivity contribution < 1.29 is 23.8 Å². The summed E-state index contributed by atoms with van der Waals surface area (Å²) in [6, 6.07) is 0. The van der Waals surface area contributed by atoms with Gasteiger partial charge in [0.25, 0.3) is 0 Å². The van der Waals surface area contributed by atoms with Crippen LogP contribution in [0.5, 0.6) is 0 Å². The molecule has 6 nitrogen and oxygen atoms in total. The number of carbonyl (C=O) groups excluding carboxylic acids is 2. The molecule has 1 saturated heterocycles. The van der Waals surface area contributed by atoms with E-state index in [1.54, 1.807) is 0 Å². The minimum atomic E-state index is -0.505. The van der Waals surface area contributed by atoms with Crippen LogP contribution in [-0.2, 0) is 23.8 Å². The van der Waals surface area contributed by atoms with Gasteiger partial charge in [-0.05, 0) is 12.8 Å². The molecule has 0 aromatic heterocycles. The molecule has 1 aliphatic heterocycles. The Morgan fingerprint density at radius 3 is 2.17 bits per heavy atom. The van der Waals surface area contributed by atoms with Crippen LogP contribution in [0.3, 0.4) is 0 Å². The van der Waals surface area contributed by atoms with Crippen molar-refractivity contribution in [2.45, 2.75) is 39.0 Å². The van der Waals surface area contributed by atoms with Gasteiger partial charge in [-0.3, -0.25) is 4.90 Å². The molecule has 0 N–H and O–H groups in total. The van der Waals surface area contributed by atoms with E-state index in [4.69, 9.17) is 14.2 Å². The first-order valence-corrected chi connectivity index (χ1v) is 8.54. The molecule has 1 rings (SSSR count). The SMILES string of the molecule is CCCCCCOC(=O)/C=C/C(=O)OCCCN1CCOCC1. The first kappa shape index (κ1) is 19.6. The van der Waals surface area contributed by atoms with Gasteiger partial charge in [-0.1, -0.05) is 26.2 Å². The molecule has 0 radical (unpaired) electrons. The molecule has 0 aromatic rings. The molecular weight excluding hydrogens is 298 g/mol. The fraction of sp³-hybridized carbons (Fsp3) is 0.765. The summed E-state index contributed by atoms with van der Waals surface area (Å²) in [5.41, 5.74) is 0. The van der Waals surface area contributed by atoms with Crippen LogP contribution >= 0.6 is 0 Å². The summed E-state index contributed by atoms with van der Waals surface area (Å²) in [6.07, 6.45) is 7.24. The molecule has 1 heterocycles. The molecule has 0 amide bonds. The largest absolute Gasteiger partial charge is 0.463 e. The average molecular weight is 327 g/mol. The van der Waals surface area contributed by atoms with Gasteiger partial charge >= 0.3 is 11.9 Å². The summed E-state index contributed by atoms with van der Waals surface area (Å²) in [5, 5.41) is 0. The summed E-state index contributed by atoms with van der Waals surface area (Å²) >= 11 is 0. The lowest BCUT2D eigenvalue weighted by Gasteiger charge is -2.26. The van der Waals surface area contributed by atoms with Crippen molar-refractivity contribution in [2.75, 3.05) is 46.1 Å². The second kappa shape index (κ2) is 13.1. The lowest BCUT2D eigenvalue weighted by Crippen LogP contribution is -2.37. The minimum absolute atomic E-state index is 0.354. The lowest BCUT2D eigenvalue weighted by atomic mass is 10.2. The topological polar surface area (TPSA) is 65.1 Å². The van der Waals surface area contributed by atoms with E-state index in [2.05, 4.69) is 11.8 Å². The van der Waals surface area contributed by atoms with E-state index < -0.39 is 11.9 Å². The second-order valence-corrected chi connectivity index (χ2v) is 5.54. The molecule has 0 saturated carbocycles. The molecule has 0 bridgehead atoms. The number of nitrogens with zero attached hydrogens (tertiary/aromatic N) is 1. The quantitative estimate of drug-likeness (QED) is 0.328. The van der Waals surface area contributed by atoms with Gasteiger partial charge in [0.15, 0.2) is 0 Å². The Labute approximate surface area is 138 Å². The summed E-state index contributed by atoms with van der Waals surface area (Å²) in [7, 11) is 0. The van der Waals surface area contributed by atoms with Crippen LogP contribution in [0.25, 0.3) is 0 Å². The van der Waals surface area contributed by atoms with Gasteiger partial charge in [-0.2, -0.15) is 0 Å². The summed E-state index contributed by atoms with van der Waals surface area (Å²) in [6.45, 7) is 7.16. The standard InChI is InChI=1S/C17H29NO5/c1-2-3-4-5-12-22-16(19)7-8-17(20)23-13-6-9-18-10-14-21-15-11-18/h7-8H,2-6,9-15H2,1H3/b8-7+. The molecule has 1 fully saturated rings. The van der Waals surface area contributed by atoms with Gasteiger partial charge in [0, 0.05) is 31.8 Å². The third kappa shape index (κ3) is 10.9. The molecule has 132 valence electrons. The molecule has 0 atom stereocenters. The first-order valence-electron chi connectivity index (χ1n) is 8.54. The van der Waals surface area contributed by atoms with Crippen molar-refractivity contribution in [3.05, 3.63) is 12.2 Å². The molecule has 0 aromatic carbocycles. The van der Waals surface area contributed by atoms with E-state index in [0.717, 1.165) is 77.1 Å². The Balaban J connectivity index is 2.00. The van der Waals surface area contributed by atoms with Crippen molar-refractivity contribution >= 4 is 11.9 Å². The van der Waals surface area contributed by atoms with Gasteiger partial charge < -0.3 is 14.2 Å². The molecule has 23 heavy (non-hydrogen) atoms. The van der Waals surface area contributed by atoms with E-state index in [9.17, 15) is 9.59 Å². The van der Waals surface area contributed by atoms with E-state index in [0.29, 0.717) is 13.2 Å². The first-order chi connectivity index (χ1) is 11.2. The maximum Gasteiger partial charge on any atom is 0.331 e. The maximum absolute atomic E-state index is 11.5. The smallest absolute Gasteiger partial charge is 0.331 e. The highest BCUT2D eigenvalue weighted by Gasteiger charge is 2.09. The van der Waals surface area contributed by atoms with Crippen LogP contribution < -0.4 is 0 Å². The zero-order valence-corrected chi connectivity index (χ0v) is 14.1. The fourth-order valence-electron chi connectivity index (χ4n) is 2.22. The van der Waals surface area contributed by atoms with E-state index in [1.165, 1.54) is 0 Å². The average Bonchev–Trinajstić information content (AvgIpc) is 2.57.